The maximum absolute atomic E-state index is 9.44. The Morgan fingerprint density at radius 1 is 1.33 bits per heavy atom. The van der Waals surface area contributed by atoms with E-state index in [1.165, 1.54) is 0 Å². The van der Waals surface area contributed by atoms with Gasteiger partial charge in [-0.25, -0.2) is 0 Å². The van der Waals surface area contributed by atoms with Gasteiger partial charge in [-0.1, -0.05) is 0 Å². The van der Waals surface area contributed by atoms with Crippen LogP contribution in [0.5, 0.6) is 5.75 Å². The van der Waals surface area contributed by atoms with Gasteiger partial charge < -0.3 is 15.6 Å². The Morgan fingerprint density at radius 2 is 2.00 bits per heavy atom. The van der Waals surface area contributed by atoms with E-state index in [0.717, 1.165) is 16.7 Å². The molecule has 0 unspecified atom stereocenters. The van der Waals surface area contributed by atoms with Crippen molar-refractivity contribution in [3.05, 3.63) is 28.8 Å². The quantitative estimate of drug-likeness (QED) is 0.649. The molecule has 0 amide bonds. The molecule has 0 atom stereocenters. The molecule has 1 heterocycles. The standard InChI is InChI=1S/C9H11NO2/c10-3-6-1-7-4-12-5-8(7)2-9(6)11/h1-2,11H,3-5,10H2. The molecule has 1 aliphatic rings. The third-order valence-electron chi connectivity index (χ3n) is 2.14. The highest BCUT2D eigenvalue weighted by Gasteiger charge is 2.13. The van der Waals surface area contributed by atoms with Crippen molar-refractivity contribution in [2.45, 2.75) is 19.8 Å². The number of rotatable bonds is 1. The fourth-order valence-corrected chi connectivity index (χ4v) is 1.43. The molecule has 3 heteroatoms. The van der Waals surface area contributed by atoms with Crippen LogP contribution in [0.1, 0.15) is 16.7 Å². The van der Waals surface area contributed by atoms with Crippen LogP contribution in [0.15, 0.2) is 12.1 Å². The van der Waals surface area contributed by atoms with Crippen molar-refractivity contribution < 1.29 is 9.84 Å². The molecule has 1 aromatic carbocycles. The second-order valence-corrected chi connectivity index (χ2v) is 2.95. The largest absolute Gasteiger partial charge is 0.508 e. The summed E-state index contributed by atoms with van der Waals surface area (Å²) in [6.07, 6.45) is 0. The van der Waals surface area contributed by atoms with Crippen LogP contribution < -0.4 is 5.73 Å². The summed E-state index contributed by atoms with van der Waals surface area (Å²) in [6.45, 7) is 1.62. The first kappa shape index (κ1) is 7.58. The van der Waals surface area contributed by atoms with Crippen molar-refractivity contribution in [2.24, 2.45) is 5.73 Å². The summed E-state index contributed by atoms with van der Waals surface area (Å²) < 4.78 is 5.22. The monoisotopic (exact) mass is 165 g/mol. The molecule has 64 valence electrons. The van der Waals surface area contributed by atoms with E-state index in [0.29, 0.717) is 19.8 Å². The Morgan fingerprint density at radius 3 is 2.67 bits per heavy atom. The van der Waals surface area contributed by atoms with Gasteiger partial charge in [0.15, 0.2) is 0 Å². The van der Waals surface area contributed by atoms with Crippen LogP contribution in [-0.4, -0.2) is 5.11 Å². The third-order valence-corrected chi connectivity index (χ3v) is 2.14. The van der Waals surface area contributed by atoms with Gasteiger partial charge in [0.1, 0.15) is 5.75 Å². The molecule has 0 bridgehead atoms. The molecule has 1 aliphatic heterocycles. The number of hydrogen-bond acceptors (Lipinski definition) is 3. The normalized spacial score (nSPS) is 14.8. The first-order valence-corrected chi connectivity index (χ1v) is 3.92. The van der Waals surface area contributed by atoms with Crippen molar-refractivity contribution >= 4 is 0 Å². The van der Waals surface area contributed by atoms with Gasteiger partial charge in [0.25, 0.3) is 0 Å². The molecule has 3 N–H and O–H groups in total. The van der Waals surface area contributed by atoms with Gasteiger partial charge in [-0.3, -0.25) is 0 Å². The Kier molecular flexibility index (Phi) is 1.75. The van der Waals surface area contributed by atoms with Crippen molar-refractivity contribution in [2.75, 3.05) is 0 Å². The van der Waals surface area contributed by atoms with Crippen molar-refractivity contribution in [1.82, 2.24) is 0 Å². The topological polar surface area (TPSA) is 55.5 Å². The van der Waals surface area contributed by atoms with E-state index in [-0.39, 0.29) is 5.75 Å². The summed E-state index contributed by atoms with van der Waals surface area (Å²) in [7, 11) is 0. The zero-order valence-corrected chi connectivity index (χ0v) is 6.71. The van der Waals surface area contributed by atoms with Gasteiger partial charge in [0.05, 0.1) is 13.2 Å². The van der Waals surface area contributed by atoms with Gasteiger partial charge in [0.2, 0.25) is 0 Å². The number of hydrogen-bond donors (Lipinski definition) is 2. The van der Waals surface area contributed by atoms with Crippen LogP contribution >= 0.6 is 0 Å². The van der Waals surface area contributed by atoms with Gasteiger partial charge in [-0.15, -0.1) is 0 Å². The predicted molar refractivity (Wildman–Crippen MR) is 44.5 cm³/mol. The van der Waals surface area contributed by atoms with Crippen LogP contribution in [0.25, 0.3) is 0 Å². The van der Waals surface area contributed by atoms with E-state index in [1.807, 2.05) is 6.07 Å². The van der Waals surface area contributed by atoms with E-state index < -0.39 is 0 Å². The maximum Gasteiger partial charge on any atom is 0.120 e. The summed E-state index contributed by atoms with van der Waals surface area (Å²) in [4.78, 5) is 0. The Balaban J connectivity index is 2.49. The molecule has 3 nitrogen and oxygen atoms in total. The van der Waals surface area contributed by atoms with Crippen LogP contribution in [-0.2, 0) is 24.5 Å². The second-order valence-electron chi connectivity index (χ2n) is 2.95. The van der Waals surface area contributed by atoms with E-state index in [2.05, 4.69) is 0 Å². The van der Waals surface area contributed by atoms with E-state index in [9.17, 15) is 5.11 Å². The predicted octanol–water partition coefficient (Wildman–Crippen LogP) is 0.881. The summed E-state index contributed by atoms with van der Waals surface area (Å²) in [5.74, 6) is 0.279. The molecule has 0 saturated heterocycles. The minimum atomic E-state index is 0.279. The van der Waals surface area contributed by atoms with E-state index in [1.54, 1.807) is 6.07 Å². The molecule has 0 radical (unpaired) electrons. The SMILES string of the molecule is NCc1cc2c(cc1O)COC2. The van der Waals surface area contributed by atoms with Gasteiger partial charge >= 0.3 is 0 Å². The van der Waals surface area contributed by atoms with Crippen LogP contribution in [0.2, 0.25) is 0 Å². The minimum absolute atomic E-state index is 0.279. The van der Waals surface area contributed by atoms with Gasteiger partial charge in [0, 0.05) is 12.1 Å². The lowest BCUT2D eigenvalue weighted by Crippen LogP contribution is -1.98. The molecule has 0 aliphatic carbocycles. The van der Waals surface area contributed by atoms with Crippen LogP contribution in [0.3, 0.4) is 0 Å². The first-order chi connectivity index (χ1) is 5.81. The molecule has 2 rings (SSSR count). The summed E-state index contributed by atoms with van der Waals surface area (Å²) >= 11 is 0. The fraction of sp³-hybridized carbons (Fsp3) is 0.333. The van der Waals surface area contributed by atoms with Crippen molar-refractivity contribution in [1.29, 1.82) is 0 Å². The van der Waals surface area contributed by atoms with E-state index in [4.69, 9.17) is 10.5 Å². The molecule has 0 saturated carbocycles. The minimum Gasteiger partial charge on any atom is -0.508 e. The lowest BCUT2D eigenvalue weighted by atomic mass is 10.1. The molecule has 12 heavy (non-hydrogen) atoms. The Bertz CT molecular complexity index is 309. The maximum atomic E-state index is 9.44. The Labute approximate surface area is 70.8 Å². The summed E-state index contributed by atoms with van der Waals surface area (Å²) in [5, 5.41) is 9.44. The number of phenols is 1. The average Bonchev–Trinajstić information content (AvgIpc) is 2.49. The first-order valence-electron chi connectivity index (χ1n) is 3.92. The fourth-order valence-electron chi connectivity index (χ4n) is 1.43. The number of ether oxygens (including phenoxy) is 1. The highest BCUT2D eigenvalue weighted by atomic mass is 16.5. The molecule has 1 aromatic rings. The number of aromatic hydroxyl groups is 1. The van der Waals surface area contributed by atoms with Gasteiger partial charge in [-0.2, -0.15) is 0 Å². The highest BCUT2D eigenvalue weighted by Crippen LogP contribution is 2.27. The van der Waals surface area contributed by atoms with E-state index >= 15 is 0 Å². The number of fused-ring (bicyclic) bond motifs is 1. The number of benzene rings is 1. The lowest BCUT2D eigenvalue weighted by Gasteiger charge is -2.03. The van der Waals surface area contributed by atoms with Gasteiger partial charge in [-0.05, 0) is 23.3 Å². The zero-order valence-electron chi connectivity index (χ0n) is 6.71. The number of phenolic OH excluding ortho intramolecular Hbond substituents is 1. The Hall–Kier alpha value is -1.06. The van der Waals surface area contributed by atoms with Crippen molar-refractivity contribution in [3.63, 3.8) is 0 Å². The second kappa shape index (κ2) is 2.77. The summed E-state index contributed by atoms with van der Waals surface area (Å²) in [5.41, 5.74) is 8.46. The smallest absolute Gasteiger partial charge is 0.120 e. The van der Waals surface area contributed by atoms with Crippen LogP contribution in [0, 0.1) is 0 Å². The van der Waals surface area contributed by atoms with Crippen molar-refractivity contribution in [3.8, 4) is 5.75 Å². The molecule has 0 spiro atoms. The number of nitrogens with two attached hydrogens (primary N) is 1. The third kappa shape index (κ3) is 1.07. The highest BCUT2D eigenvalue weighted by molar-refractivity contribution is 5.42. The summed E-state index contributed by atoms with van der Waals surface area (Å²) in [6, 6.07) is 3.65. The lowest BCUT2D eigenvalue weighted by molar-refractivity contribution is 0.134. The average molecular weight is 165 g/mol. The molecular formula is C9H11NO2. The molecular weight excluding hydrogens is 154 g/mol. The molecule has 0 fully saturated rings. The zero-order chi connectivity index (χ0) is 8.55. The van der Waals surface area contributed by atoms with Crippen LogP contribution in [0.4, 0.5) is 0 Å². The molecule has 0 aromatic heterocycles.